The van der Waals surface area contributed by atoms with Gasteiger partial charge in [0.05, 0.1) is 17.6 Å². The van der Waals surface area contributed by atoms with Gasteiger partial charge in [-0.05, 0) is 51.9 Å². The summed E-state index contributed by atoms with van der Waals surface area (Å²) in [5.41, 5.74) is -1.65. The van der Waals surface area contributed by atoms with E-state index in [0.29, 0.717) is 13.0 Å². The molecule has 0 rings (SSSR count). The normalized spacial score (nSPS) is 16.7. The molecule has 0 saturated carbocycles. The van der Waals surface area contributed by atoms with Gasteiger partial charge >= 0.3 is 5.97 Å². The molecule has 1 unspecified atom stereocenters. The summed E-state index contributed by atoms with van der Waals surface area (Å²) in [7, 11) is 0. The molecule has 0 aromatic heterocycles. The molecule has 0 N–H and O–H groups in total. The molecule has 0 heterocycles. The summed E-state index contributed by atoms with van der Waals surface area (Å²) in [4.78, 5) is 13.2. The van der Waals surface area contributed by atoms with E-state index in [0.717, 1.165) is 6.42 Å². The molecule has 0 amide bonds. The second-order valence-electron chi connectivity index (χ2n) is 10.5. The Morgan fingerprint density at radius 2 is 1.21 bits per heavy atom. The fourth-order valence-corrected chi connectivity index (χ4v) is 2.94. The summed E-state index contributed by atoms with van der Waals surface area (Å²) in [6.45, 7) is 25.5. The molecule has 3 heteroatoms. The maximum absolute atomic E-state index is 13.2. The first-order valence-corrected chi connectivity index (χ1v) is 9.27. The third-order valence-corrected chi connectivity index (χ3v) is 5.66. The predicted octanol–water partition coefficient (Wildman–Crippen LogP) is 6.00. The fourth-order valence-electron chi connectivity index (χ4n) is 2.94. The van der Waals surface area contributed by atoms with Gasteiger partial charge in [-0.25, -0.2) is 0 Å². The second-order valence-corrected chi connectivity index (χ2v) is 10.5. The minimum Gasteiger partial charge on any atom is -0.459 e. The Morgan fingerprint density at radius 1 is 0.792 bits per heavy atom. The van der Waals surface area contributed by atoms with Gasteiger partial charge in [-0.3, -0.25) is 4.79 Å². The first-order chi connectivity index (χ1) is 10.4. The topological polar surface area (TPSA) is 35.5 Å². The summed E-state index contributed by atoms with van der Waals surface area (Å²) < 4.78 is 11.9. The van der Waals surface area contributed by atoms with Crippen molar-refractivity contribution in [3.05, 3.63) is 0 Å². The number of carbonyl (C=O) groups is 1. The molecule has 0 bridgehead atoms. The number of ether oxygens (including phenoxy) is 2. The molecule has 0 aromatic rings. The SMILES string of the molecule is CCC(C)(CCOC(C)(C)C)OC(=O)C(C)(C(C)(C)C)C(C)(C)C. The number of hydrogen-bond acceptors (Lipinski definition) is 3. The van der Waals surface area contributed by atoms with Crippen molar-refractivity contribution >= 4 is 5.97 Å². The number of carbonyl (C=O) groups excluding carboxylic acids is 1. The zero-order valence-electron chi connectivity index (χ0n) is 18.3. The monoisotopic (exact) mass is 342 g/mol. The van der Waals surface area contributed by atoms with Crippen LogP contribution in [0, 0.1) is 16.2 Å². The lowest BCUT2D eigenvalue weighted by Crippen LogP contribution is -2.53. The Hall–Kier alpha value is -0.570. The van der Waals surface area contributed by atoms with Crippen LogP contribution in [0.3, 0.4) is 0 Å². The average Bonchev–Trinajstić information content (AvgIpc) is 2.33. The Bertz CT molecular complexity index is 404. The highest BCUT2D eigenvalue weighted by atomic mass is 16.6. The van der Waals surface area contributed by atoms with E-state index in [4.69, 9.17) is 9.47 Å². The molecule has 0 fully saturated rings. The highest BCUT2D eigenvalue weighted by molar-refractivity contribution is 5.78. The van der Waals surface area contributed by atoms with Crippen molar-refractivity contribution in [1.82, 2.24) is 0 Å². The predicted molar refractivity (Wildman–Crippen MR) is 102 cm³/mol. The van der Waals surface area contributed by atoms with Crippen LogP contribution >= 0.6 is 0 Å². The Morgan fingerprint density at radius 3 is 1.50 bits per heavy atom. The van der Waals surface area contributed by atoms with E-state index >= 15 is 0 Å². The van der Waals surface area contributed by atoms with Crippen molar-refractivity contribution in [1.29, 1.82) is 0 Å². The fraction of sp³-hybridized carbons (Fsp3) is 0.952. The van der Waals surface area contributed by atoms with Gasteiger partial charge in [0.15, 0.2) is 0 Å². The zero-order valence-corrected chi connectivity index (χ0v) is 18.3. The van der Waals surface area contributed by atoms with E-state index in [-0.39, 0.29) is 22.4 Å². The first-order valence-electron chi connectivity index (χ1n) is 9.27. The van der Waals surface area contributed by atoms with Crippen LogP contribution < -0.4 is 0 Å². The van der Waals surface area contributed by atoms with Crippen molar-refractivity contribution in [2.45, 2.75) is 107 Å². The third kappa shape index (κ3) is 5.75. The smallest absolute Gasteiger partial charge is 0.313 e. The molecular weight excluding hydrogens is 300 g/mol. The highest BCUT2D eigenvalue weighted by Gasteiger charge is 2.54. The lowest BCUT2D eigenvalue weighted by Gasteiger charge is -2.50. The Kier molecular flexibility index (Phi) is 7.18. The van der Waals surface area contributed by atoms with Crippen LogP contribution in [0.15, 0.2) is 0 Å². The van der Waals surface area contributed by atoms with Crippen LogP contribution in [0.4, 0.5) is 0 Å². The van der Waals surface area contributed by atoms with Crippen molar-refractivity contribution in [3.63, 3.8) is 0 Å². The lowest BCUT2D eigenvalue weighted by atomic mass is 9.55. The van der Waals surface area contributed by atoms with Gasteiger partial charge in [-0.2, -0.15) is 0 Å². The van der Waals surface area contributed by atoms with Gasteiger partial charge < -0.3 is 9.47 Å². The molecule has 0 aromatic carbocycles. The van der Waals surface area contributed by atoms with Crippen molar-refractivity contribution < 1.29 is 14.3 Å². The largest absolute Gasteiger partial charge is 0.459 e. The van der Waals surface area contributed by atoms with Crippen molar-refractivity contribution in [3.8, 4) is 0 Å². The van der Waals surface area contributed by atoms with E-state index in [1.807, 2.05) is 34.6 Å². The van der Waals surface area contributed by atoms with Crippen LogP contribution in [0.1, 0.15) is 95.9 Å². The van der Waals surface area contributed by atoms with E-state index in [9.17, 15) is 4.79 Å². The zero-order chi connectivity index (χ0) is 19.6. The summed E-state index contributed by atoms with van der Waals surface area (Å²) in [5, 5.41) is 0. The standard InChI is InChI=1S/C21H42O3/c1-13-20(11,14-15-23-19(8,9)10)24-16(22)21(12,17(2,3)4)18(5,6)7/h13-15H2,1-12H3. The maximum atomic E-state index is 13.2. The van der Waals surface area contributed by atoms with Gasteiger partial charge in [0, 0.05) is 6.42 Å². The number of esters is 1. The van der Waals surface area contributed by atoms with E-state index in [1.54, 1.807) is 0 Å². The summed E-state index contributed by atoms with van der Waals surface area (Å²) in [5.74, 6) is -0.109. The Balaban J connectivity index is 5.32. The molecule has 0 radical (unpaired) electrons. The van der Waals surface area contributed by atoms with E-state index in [1.165, 1.54) is 0 Å². The van der Waals surface area contributed by atoms with Gasteiger partial charge in [0.1, 0.15) is 5.60 Å². The minimum absolute atomic E-state index is 0.109. The van der Waals surface area contributed by atoms with E-state index in [2.05, 4.69) is 48.5 Å². The molecule has 144 valence electrons. The number of rotatable bonds is 6. The first kappa shape index (κ1) is 23.4. The highest BCUT2D eigenvalue weighted by Crippen LogP contribution is 2.52. The molecule has 0 aliphatic heterocycles. The minimum atomic E-state index is -0.582. The van der Waals surface area contributed by atoms with Crippen LogP contribution in [0.5, 0.6) is 0 Å². The van der Waals surface area contributed by atoms with E-state index < -0.39 is 11.0 Å². The van der Waals surface area contributed by atoms with Crippen molar-refractivity contribution in [2.75, 3.05) is 6.61 Å². The van der Waals surface area contributed by atoms with Crippen molar-refractivity contribution in [2.24, 2.45) is 16.2 Å². The summed E-state index contributed by atoms with van der Waals surface area (Å²) in [6.07, 6.45) is 1.48. The van der Waals surface area contributed by atoms with Crippen LogP contribution in [-0.2, 0) is 14.3 Å². The van der Waals surface area contributed by atoms with Crippen LogP contribution in [0.25, 0.3) is 0 Å². The molecule has 1 atom stereocenters. The molecule has 0 spiro atoms. The average molecular weight is 343 g/mol. The molecule has 0 aliphatic carbocycles. The van der Waals surface area contributed by atoms with Crippen LogP contribution in [-0.4, -0.2) is 23.8 Å². The quantitative estimate of drug-likeness (QED) is 0.555. The van der Waals surface area contributed by atoms with Gasteiger partial charge in [0.2, 0.25) is 0 Å². The summed E-state index contributed by atoms with van der Waals surface area (Å²) >= 11 is 0. The summed E-state index contributed by atoms with van der Waals surface area (Å²) in [6, 6.07) is 0. The maximum Gasteiger partial charge on any atom is 0.313 e. The van der Waals surface area contributed by atoms with Gasteiger partial charge in [-0.15, -0.1) is 0 Å². The van der Waals surface area contributed by atoms with Gasteiger partial charge in [0.25, 0.3) is 0 Å². The molecule has 3 nitrogen and oxygen atoms in total. The second kappa shape index (κ2) is 7.35. The molecule has 0 saturated heterocycles. The lowest BCUT2D eigenvalue weighted by molar-refractivity contribution is -0.190. The van der Waals surface area contributed by atoms with Gasteiger partial charge in [-0.1, -0.05) is 48.5 Å². The third-order valence-electron chi connectivity index (χ3n) is 5.66. The Labute approximate surface area is 150 Å². The van der Waals surface area contributed by atoms with Crippen LogP contribution in [0.2, 0.25) is 0 Å². The molecule has 24 heavy (non-hydrogen) atoms. The molecular formula is C21H42O3. The molecule has 0 aliphatic rings. The number of hydrogen-bond donors (Lipinski definition) is 0.